The maximum atomic E-state index is 11.9. The first-order valence-corrected chi connectivity index (χ1v) is 11.0. The molecule has 0 aliphatic carbocycles. The summed E-state index contributed by atoms with van der Waals surface area (Å²) in [5, 5.41) is 0. The molecule has 1 rings (SSSR count). The molecule has 24 heavy (non-hydrogen) atoms. The van der Waals surface area contributed by atoms with E-state index in [1.165, 1.54) is 0 Å². The summed E-state index contributed by atoms with van der Waals surface area (Å²) in [6.07, 6.45) is 3.08. The molecular formula is C13H27NO8S2. The maximum Gasteiger partial charge on any atom is 0.410 e. The Bertz CT molecular complexity index is 598. The molecule has 1 aliphatic heterocycles. The molecule has 0 bridgehead atoms. The zero-order chi connectivity index (χ0) is 19.2. The Balaban J connectivity index is 0.000000922. The Kier molecular flexibility index (Phi) is 8.63. The number of nitrogens with zero attached hydrogens (tertiary/aromatic N) is 1. The monoisotopic (exact) mass is 389 g/mol. The van der Waals surface area contributed by atoms with Gasteiger partial charge in [0, 0.05) is 19.0 Å². The summed E-state index contributed by atoms with van der Waals surface area (Å²) in [5.41, 5.74) is -0.521. The number of likely N-dealkylation sites (tertiary alicyclic amines) is 1. The van der Waals surface area contributed by atoms with Gasteiger partial charge in [-0.25, -0.2) is 4.79 Å². The minimum absolute atomic E-state index is 0.0380. The highest BCUT2D eigenvalue weighted by atomic mass is 32.2. The van der Waals surface area contributed by atoms with Gasteiger partial charge in [-0.1, -0.05) is 0 Å². The van der Waals surface area contributed by atoms with E-state index in [0.29, 0.717) is 19.3 Å². The topological polar surface area (TPSA) is 127 Å². The van der Waals surface area contributed by atoms with E-state index < -0.39 is 25.8 Å². The fourth-order valence-corrected chi connectivity index (χ4v) is 2.35. The first kappa shape index (κ1) is 23.1. The van der Waals surface area contributed by atoms with Crippen LogP contribution in [-0.4, -0.2) is 70.2 Å². The molecule has 0 saturated carbocycles. The lowest BCUT2D eigenvalue weighted by Crippen LogP contribution is -2.43. The van der Waals surface area contributed by atoms with Crippen LogP contribution in [0.25, 0.3) is 0 Å². The second-order valence-electron chi connectivity index (χ2n) is 6.66. The number of carbonyl (C=O) groups is 1. The lowest BCUT2D eigenvalue weighted by Gasteiger charge is -2.33. The molecule has 1 heterocycles. The van der Waals surface area contributed by atoms with Crippen LogP contribution >= 0.6 is 0 Å². The molecule has 1 aliphatic rings. The number of amides is 1. The first-order chi connectivity index (χ1) is 10.6. The van der Waals surface area contributed by atoms with Crippen molar-refractivity contribution in [3.63, 3.8) is 0 Å². The number of ether oxygens (including phenoxy) is 1. The van der Waals surface area contributed by atoms with Crippen LogP contribution in [0.3, 0.4) is 0 Å². The number of carbonyl (C=O) groups excluding carboxylic acids is 1. The fraction of sp³-hybridized carbons (Fsp3) is 0.923. The van der Waals surface area contributed by atoms with E-state index in [-0.39, 0.29) is 18.6 Å². The molecule has 0 spiro atoms. The van der Waals surface area contributed by atoms with E-state index in [4.69, 9.17) is 13.5 Å². The van der Waals surface area contributed by atoms with Gasteiger partial charge in [0.2, 0.25) is 0 Å². The lowest BCUT2D eigenvalue weighted by atomic mass is 9.99. The van der Waals surface area contributed by atoms with E-state index in [2.05, 4.69) is 0 Å². The molecule has 1 amide bonds. The van der Waals surface area contributed by atoms with Crippen molar-refractivity contribution in [2.75, 3.05) is 32.2 Å². The SMILES string of the molecule is CC(C)(C)OC(=O)N1CCC[C@H](COS(C)(=O)=O)C1.CS(=O)(=O)O. The lowest BCUT2D eigenvalue weighted by molar-refractivity contribution is 0.0142. The summed E-state index contributed by atoms with van der Waals surface area (Å²) in [7, 11) is -7.09. The number of piperidine rings is 1. The minimum atomic E-state index is -3.67. The zero-order valence-corrected chi connectivity index (χ0v) is 16.3. The largest absolute Gasteiger partial charge is 0.444 e. The second-order valence-corrected chi connectivity index (χ2v) is 9.77. The standard InChI is InChI=1S/C12H23NO5S.CH4O3S/c1-12(2,3)18-11(14)13-7-5-6-10(8-13)9-17-19(4,15)16;1-5(2,3)4/h10H,5-9H2,1-4H3;1H3,(H,2,3,4)/t10-;/m0./s1. The fourth-order valence-electron chi connectivity index (χ4n) is 1.91. The Morgan fingerprint density at radius 2 is 1.71 bits per heavy atom. The molecule has 0 radical (unpaired) electrons. The summed E-state index contributed by atoms with van der Waals surface area (Å²) >= 11 is 0. The van der Waals surface area contributed by atoms with Crippen LogP contribution in [0.4, 0.5) is 4.79 Å². The highest BCUT2D eigenvalue weighted by molar-refractivity contribution is 7.86. The van der Waals surface area contributed by atoms with Crippen molar-refractivity contribution in [1.82, 2.24) is 4.90 Å². The quantitative estimate of drug-likeness (QED) is 0.562. The van der Waals surface area contributed by atoms with Crippen molar-refractivity contribution < 1.29 is 35.1 Å². The van der Waals surface area contributed by atoms with Crippen molar-refractivity contribution in [1.29, 1.82) is 0 Å². The van der Waals surface area contributed by atoms with E-state index >= 15 is 0 Å². The van der Waals surface area contributed by atoms with Crippen LogP contribution < -0.4 is 0 Å². The van der Waals surface area contributed by atoms with Crippen LogP contribution in [0.1, 0.15) is 33.6 Å². The number of hydrogen-bond donors (Lipinski definition) is 1. The highest BCUT2D eigenvalue weighted by Crippen LogP contribution is 2.20. The van der Waals surface area contributed by atoms with Crippen LogP contribution in [0.2, 0.25) is 0 Å². The summed E-state index contributed by atoms with van der Waals surface area (Å²) in [6.45, 7) is 6.70. The third-order valence-corrected chi connectivity index (χ3v) is 3.25. The van der Waals surface area contributed by atoms with Crippen molar-refractivity contribution in [2.24, 2.45) is 5.92 Å². The maximum absolute atomic E-state index is 11.9. The molecular weight excluding hydrogens is 362 g/mol. The summed E-state index contributed by atoms with van der Waals surface area (Å²) in [6, 6.07) is 0. The molecule has 0 unspecified atom stereocenters. The normalized spacial score (nSPS) is 19.2. The van der Waals surface area contributed by atoms with Gasteiger partial charge in [0.25, 0.3) is 20.2 Å². The first-order valence-electron chi connectivity index (χ1n) is 7.31. The molecule has 1 N–H and O–H groups in total. The van der Waals surface area contributed by atoms with Crippen LogP contribution in [0.15, 0.2) is 0 Å². The van der Waals surface area contributed by atoms with Gasteiger partial charge in [0.05, 0.1) is 19.1 Å². The van der Waals surface area contributed by atoms with Gasteiger partial charge >= 0.3 is 6.09 Å². The summed E-state index contributed by atoms with van der Waals surface area (Å²) in [4.78, 5) is 13.5. The van der Waals surface area contributed by atoms with Crippen molar-refractivity contribution in [2.45, 2.75) is 39.2 Å². The summed E-state index contributed by atoms with van der Waals surface area (Å²) < 4.78 is 57.9. The minimum Gasteiger partial charge on any atom is -0.444 e. The molecule has 11 heteroatoms. The molecule has 1 fully saturated rings. The van der Waals surface area contributed by atoms with E-state index in [9.17, 15) is 21.6 Å². The van der Waals surface area contributed by atoms with Crippen molar-refractivity contribution >= 4 is 26.3 Å². The predicted molar refractivity (Wildman–Crippen MR) is 88.8 cm³/mol. The Morgan fingerprint density at radius 1 is 1.21 bits per heavy atom. The third kappa shape index (κ3) is 14.7. The highest BCUT2D eigenvalue weighted by Gasteiger charge is 2.28. The van der Waals surface area contributed by atoms with Crippen LogP contribution in [0.5, 0.6) is 0 Å². The summed E-state index contributed by atoms with van der Waals surface area (Å²) in [5.74, 6) is 0.0380. The van der Waals surface area contributed by atoms with Crippen LogP contribution in [0, 0.1) is 5.92 Å². The predicted octanol–water partition coefficient (Wildman–Crippen LogP) is 1.11. The molecule has 0 aromatic carbocycles. The molecule has 0 aromatic heterocycles. The van der Waals surface area contributed by atoms with Gasteiger partial charge in [-0.05, 0) is 33.6 Å². The van der Waals surface area contributed by atoms with Crippen LogP contribution in [-0.2, 0) is 29.2 Å². The Hall–Kier alpha value is -0.910. The smallest absolute Gasteiger partial charge is 0.410 e. The molecule has 1 saturated heterocycles. The van der Waals surface area contributed by atoms with E-state index in [1.54, 1.807) is 4.90 Å². The average molecular weight is 389 g/mol. The Morgan fingerprint density at radius 3 is 2.12 bits per heavy atom. The van der Waals surface area contributed by atoms with Gasteiger partial charge in [0.1, 0.15) is 5.60 Å². The van der Waals surface area contributed by atoms with E-state index in [0.717, 1.165) is 19.1 Å². The number of rotatable bonds is 3. The average Bonchev–Trinajstić information content (AvgIpc) is 2.32. The van der Waals surface area contributed by atoms with Gasteiger partial charge < -0.3 is 9.64 Å². The molecule has 9 nitrogen and oxygen atoms in total. The number of hydrogen-bond acceptors (Lipinski definition) is 7. The Labute approximate surface area is 144 Å². The molecule has 144 valence electrons. The zero-order valence-electron chi connectivity index (χ0n) is 14.7. The molecule has 0 aromatic rings. The van der Waals surface area contributed by atoms with Gasteiger partial charge in [-0.15, -0.1) is 0 Å². The van der Waals surface area contributed by atoms with Gasteiger partial charge in [-0.2, -0.15) is 16.8 Å². The van der Waals surface area contributed by atoms with Crippen molar-refractivity contribution in [3.05, 3.63) is 0 Å². The van der Waals surface area contributed by atoms with Crippen molar-refractivity contribution in [3.8, 4) is 0 Å². The molecule has 1 atom stereocenters. The van der Waals surface area contributed by atoms with Gasteiger partial charge in [0.15, 0.2) is 0 Å². The van der Waals surface area contributed by atoms with Gasteiger partial charge in [-0.3, -0.25) is 8.74 Å². The van der Waals surface area contributed by atoms with E-state index in [1.807, 2.05) is 20.8 Å². The third-order valence-electron chi connectivity index (χ3n) is 2.69. The second kappa shape index (κ2) is 8.97.